The largest absolute Gasteiger partial charge is 0.389 e. The number of rotatable bonds is 5. The van der Waals surface area contributed by atoms with Gasteiger partial charge in [0, 0.05) is 7.11 Å². The summed E-state index contributed by atoms with van der Waals surface area (Å²) in [6, 6.07) is 10.3. The molecule has 2 unspecified atom stereocenters. The Morgan fingerprint density at radius 1 is 1.24 bits per heavy atom. The second-order valence-corrected chi connectivity index (χ2v) is 4.62. The lowest BCUT2D eigenvalue weighted by molar-refractivity contribution is 0.00228. The predicted molar refractivity (Wildman–Crippen MR) is 67.9 cm³/mol. The van der Waals surface area contributed by atoms with E-state index in [2.05, 4.69) is 17.0 Å². The molecule has 0 radical (unpaired) electrons. The number of aliphatic hydroxyl groups is 1. The van der Waals surface area contributed by atoms with Crippen LogP contribution in [0.15, 0.2) is 30.3 Å². The molecule has 1 aliphatic rings. The zero-order valence-electron chi connectivity index (χ0n) is 10.4. The Morgan fingerprint density at radius 2 is 1.88 bits per heavy atom. The Hall–Kier alpha value is -0.900. The molecule has 17 heavy (non-hydrogen) atoms. The Morgan fingerprint density at radius 3 is 2.47 bits per heavy atom. The second kappa shape index (κ2) is 6.15. The maximum atomic E-state index is 10.3. The van der Waals surface area contributed by atoms with Gasteiger partial charge in [-0.3, -0.25) is 4.90 Å². The van der Waals surface area contributed by atoms with Crippen LogP contribution >= 0.6 is 0 Å². The molecule has 2 atom stereocenters. The average Bonchev–Trinajstić information content (AvgIpc) is 2.85. The molecule has 1 fully saturated rings. The molecule has 1 heterocycles. The first-order chi connectivity index (χ1) is 8.33. The lowest BCUT2D eigenvalue weighted by atomic mass is 10.0. The quantitative estimate of drug-likeness (QED) is 0.845. The number of hydrogen-bond donors (Lipinski definition) is 1. The molecule has 0 amide bonds. The van der Waals surface area contributed by atoms with E-state index in [-0.39, 0.29) is 6.04 Å². The third-order valence-corrected chi connectivity index (χ3v) is 3.38. The van der Waals surface area contributed by atoms with Gasteiger partial charge in [0.15, 0.2) is 0 Å². The Bertz CT molecular complexity index is 322. The number of nitrogens with zero attached hydrogens (tertiary/aromatic N) is 1. The maximum Gasteiger partial charge on any atom is 0.0969 e. The van der Waals surface area contributed by atoms with Gasteiger partial charge < -0.3 is 9.84 Å². The van der Waals surface area contributed by atoms with Crippen molar-refractivity contribution in [3.05, 3.63) is 35.9 Å². The van der Waals surface area contributed by atoms with Crippen molar-refractivity contribution in [3.63, 3.8) is 0 Å². The first-order valence-electron chi connectivity index (χ1n) is 6.29. The number of hydrogen-bond acceptors (Lipinski definition) is 3. The first-order valence-corrected chi connectivity index (χ1v) is 6.29. The number of benzene rings is 1. The molecule has 94 valence electrons. The van der Waals surface area contributed by atoms with E-state index < -0.39 is 6.10 Å². The minimum Gasteiger partial charge on any atom is -0.389 e. The van der Waals surface area contributed by atoms with Crippen molar-refractivity contribution in [3.8, 4) is 0 Å². The Balaban J connectivity index is 2.17. The summed E-state index contributed by atoms with van der Waals surface area (Å²) in [6.45, 7) is 2.52. The summed E-state index contributed by atoms with van der Waals surface area (Å²) in [5.74, 6) is 0. The van der Waals surface area contributed by atoms with Crippen molar-refractivity contribution in [2.24, 2.45) is 0 Å². The van der Waals surface area contributed by atoms with Crippen molar-refractivity contribution < 1.29 is 9.84 Å². The lowest BCUT2D eigenvalue weighted by Crippen LogP contribution is -2.37. The van der Waals surface area contributed by atoms with Crippen LogP contribution in [0.1, 0.15) is 24.4 Å². The SMILES string of the molecule is COCC(O)C(c1ccccc1)N1CCCC1. The molecular formula is C14H21NO2. The van der Waals surface area contributed by atoms with Crippen LogP contribution in [0.25, 0.3) is 0 Å². The van der Waals surface area contributed by atoms with Crippen molar-refractivity contribution in [2.45, 2.75) is 25.0 Å². The number of methoxy groups -OCH3 is 1. The van der Waals surface area contributed by atoms with E-state index in [4.69, 9.17) is 4.74 Å². The van der Waals surface area contributed by atoms with Gasteiger partial charge in [0.1, 0.15) is 0 Å². The summed E-state index contributed by atoms with van der Waals surface area (Å²) in [5.41, 5.74) is 1.18. The Kier molecular flexibility index (Phi) is 4.54. The normalized spacial score (nSPS) is 20.4. The third-order valence-electron chi connectivity index (χ3n) is 3.38. The van der Waals surface area contributed by atoms with Crippen LogP contribution in [0.4, 0.5) is 0 Å². The topological polar surface area (TPSA) is 32.7 Å². The van der Waals surface area contributed by atoms with Crippen LogP contribution in [0.3, 0.4) is 0 Å². The van der Waals surface area contributed by atoms with Crippen molar-refractivity contribution in [2.75, 3.05) is 26.8 Å². The highest BCUT2D eigenvalue weighted by atomic mass is 16.5. The Labute approximate surface area is 103 Å². The molecule has 1 N–H and O–H groups in total. The van der Waals surface area contributed by atoms with Gasteiger partial charge in [-0.2, -0.15) is 0 Å². The van der Waals surface area contributed by atoms with E-state index in [1.165, 1.54) is 18.4 Å². The van der Waals surface area contributed by atoms with Gasteiger partial charge in [-0.15, -0.1) is 0 Å². The maximum absolute atomic E-state index is 10.3. The van der Waals surface area contributed by atoms with Crippen molar-refractivity contribution in [1.29, 1.82) is 0 Å². The van der Waals surface area contributed by atoms with Crippen LogP contribution in [-0.4, -0.2) is 42.9 Å². The van der Waals surface area contributed by atoms with Crippen LogP contribution < -0.4 is 0 Å². The van der Waals surface area contributed by atoms with Gasteiger partial charge in [-0.05, 0) is 31.5 Å². The predicted octanol–water partition coefficient (Wildman–Crippen LogP) is 1.83. The fraction of sp³-hybridized carbons (Fsp3) is 0.571. The molecule has 0 bridgehead atoms. The van der Waals surface area contributed by atoms with E-state index in [1.807, 2.05) is 18.2 Å². The highest BCUT2D eigenvalue weighted by Gasteiger charge is 2.29. The molecule has 1 saturated heterocycles. The number of ether oxygens (including phenoxy) is 1. The minimum absolute atomic E-state index is 0.0682. The van der Waals surface area contributed by atoms with Gasteiger partial charge in [-0.1, -0.05) is 30.3 Å². The molecule has 3 nitrogen and oxygen atoms in total. The van der Waals surface area contributed by atoms with Crippen molar-refractivity contribution in [1.82, 2.24) is 4.90 Å². The van der Waals surface area contributed by atoms with E-state index >= 15 is 0 Å². The standard InChI is InChI=1S/C14H21NO2/c1-17-11-13(16)14(15-9-5-6-10-15)12-7-3-2-4-8-12/h2-4,7-8,13-14,16H,5-6,9-11H2,1H3. The molecule has 1 aliphatic heterocycles. The fourth-order valence-electron chi connectivity index (χ4n) is 2.61. The zero-order chi connectivity index (χ0) is 12.1. The third kappa shape index (κ3) is 3.06. The van der Waals surface area contributed by atoms with Gasteiger partial charge in [0.05, 0.1) is 18.8 Å². The average molecular weight is 235 g/mol. The van der Waals surface area contributed by atoms with E-state index in [0.717, 1.165) is 13.1 Å². The molecule has 0 aromatic heterocycles. The zero-order valence-corrected chi connectivity index (χ0v) is 10.4. The van der Waals surface area contributed by atoms with Crippen LogP contribution in [-0.2, 0) is 4.74 Å². The number of aliphatic hydroxyl groups excluding tert-OH is 1. The molecule has 0 aliphatic carbocycles. The molecule has 0 saturated carbocycles. The van der Waals surface area contributed by atoms with E-state index in [0.29, 0.717) is 6.61 Å². The summed E-state index contributed by atoms with van der Waals surface area (Å²) >= 11 is 0. The summed E-state index contributed by atoms with van der Waals surface area (Å²) < 4.78 is 5.09. The lowest BCUT2D eigenvalue weighted by Gasteiger charge is -2.31. The van der Waals surface area contributed by atoms with Crippen LogP contribution in [0.5, 0.6) is 0 Å². The van der Waals surface area contributed by atoms with Gasteiger partial charge in [0.25, 0.3) is 0 Å². The minimum atomic E-state index is -0.458. The smallest absolute Gasteiger partial charge is 0.0969 e. The summed E-state index contributed by atoms with van der Waals surface area (Å²) in [5, 5.41) is 10.3. The summed E-state index contributed by atoms with van der Waals surface area (Å²) in [7, 11) is 1.63. The highest BCUT2D eigenvalue weighted by molar-refractivity contribution is 5.20. The van der Waals surface area contributed by atoms with Crippen molar-refractivity contribution >= 4 is 0 Å². The summed E-state index contributed by atoms with van der Waals surface area (Å²) in [4.78, 5) is 2.36. The highest BCUT2D eigenvalue weighted by Crippen LogP contribution is 2.28. The molecule has 3 heteroatoms. The van der Waals surface area contributed by atoms with Crippen LogP contribution in [0.2, 0.25) is 0 Å². The first kappa shape index (κ1) is 12.6. The summed E-state index contributed by atoms with van der Waals surface area (Å²) in [6.07, 6.45) is 1.99. The molecule has 1 aromatic carbocycles. The monoisotopic (exact) mass is 235 g/mol. The fourth-order valence-corrected chi connectivity index (χ4v) is 2.61. The van der Waals surface area contributed by atoms with E-state index in [1.54, 1.807) is 7.11 Å². The molecule has 0 spiro atoms. The molecule has 1 aromatic rings. The van der Waals surface area contributed by atoms with E-state index in [9.17, 15) is 5.11 Å². The molecule has 2 rings (SSSR count). The van der Waals surface area contributed by atoms with Gasteiger partial charge in [0.2, 0.25) is 0 Å². The van der Waals surface area contributed by atoms with Crippen LogP contribution in [0, 0.1) is 0 Å². The second-order valence-electron chi connectivity index (χ2n) is 4.62. The van der Waals surface area contributed by atoms with Gasteiger partial charge >= 0.3 is 0 Å². The number of likely N-dealkylation sites (tertiary alicyclic amines) is 1. The van der Waals surface area contributed by atoms with Gasteiger partial charge in [-0.25, -0.2) is 0 Å². The molecular weight excluding hydrogens is 214 g/mol.